The van der Waals surface area contributed by atoms with Crippen LogP contribution in [0.5, 0.6) is 5.75 Å². The predicted octanol–water partition coefficient (Wildman–Crippen LogP) is 1.18. The van der Waals surface area contributed by atoms with Crippen molar-refractivity contribution >= 4 is 5.91 Å². The van der Waals surface area contributed by atoms with Crippen LogP contribution in [-0.4, -0.2) is 32.1 Å². The molecule has 17 heavy (non-hydrogen) atoms. The number of nitrogens with one attached hydrogen (secondary N) is 2. The lowest BCUT2D eigenvalue weighted by molar-refractivity contribution is -0.122. The number of para-hydroxylation sites is 1. The van der Waals surface area contributed by atoms with Gasteiger partial charge >= 0.3 is 0 Å². The van der Waals surface area contributed by atoms with Crippen LogP contribution < -0.4 is 15.4 Å². The zero-order chi connectivity index (χ0) is 12.5. The Kier molecular flexibility index (Phi) is 6.10. The van der Waals surface area contributed by atoms with E-state index in [0.717, 1.165) is 18.7 Å². The maximum atomic E-state index is 11.2. The zero-order valence-corrected chi connectivity index (χ0v) is 10.4. The number of hydrogen-bond acceptors (Lipinski definition) is 3. The van der Waals surface area contributed by atoms with Gasteiger partial charge < -0.3 is 15.4 Å². The van der Waals surface area contributed by atoms with Gasteiger partial charge in [-0.15, -0.1) is 0 Å². The molecule has 1 atom stereocenters. The van der Waals surface area contributed by atoms with E-state index in [0.29, 0.717) is 6.61 Å². The average molecular weight is 236 g/mol. The number of amides is 1. The predicted molar refractivity (Wildman–Crippen MR) is 68.1 cm³/mol. The van der Waals surface area contributed by atoms with Crippen LogP contribution in [-0.2, 0) is 4.79 Å². The van der Waals surface area contributed by atoms with Gasteiger partial charge in [0.2, 0.25) is 5.91 Å². The van der Waals surface area contributed by atoms with Crippen molar-refractivity contribution in [1.82, 2.24) is 10.6 Å². The Hall–Kier alpha value is -1.55. The van der Waals surface area contributed by atoms with Gasteiger partial charge in [0.25, 0.3) is 0 Å². The Morgan fingerprint density at radius 2 is 2.06 bits per heavy atom. The SMILES string of the molecule is CNC(=O)C(C)NCCCOc1ccccc1. The quantitative estimate of drug-likeness (QED) is 0.699. The first-order valence-corrected chi connectivity index (χ1v) is 5.87. The van der Waals surface area contributed by atoms with Gasteiger partial charge in [0, 0.05) is 7.05 Å². The fraction of sp³-hybridized carbons (Fsp3) is 0.462. The number of rotatable bonds is 7. The molecule has 0 aliphatic rings. The molecule has 2 N–H and O–H groups in total. The van der Waals surface area contributed by atoms with Crippen molar-refractivity contribution in [1.29, 1.82) is 0 Å². The molecule has 0 aromatic heterocycles. The number of benzene rings is 1. The fourth-order valence-electron chi connectivity index (χ4n) is 1.41. The number of carbonyl (C=O) groups is 1. The smallest absolute Gasteiger partial charge is 0.236 e. The highest BCUT2D eigenvalue weighted by molar-refractivity contribution is 5.80. The van der Waals surface area contributed by atoms with Gasteiger partial charge in [0.15, 0.2) is 0 Å². The molecule has 0 aliphatic carbocycles. The van der Waals surface area contributed by atoms with Gasteiger partial charge in [-0.3, -0.25) is 4.79 Å². The van der Waals surface area contributed by atoms with E-state index in [9.17, 15) is 4.79 Å². The van der Waals surface area contributed by atoms with Crippen LogP contribution in [0.2, 0.25) is 0 Å². The number of likely N-dealkylation sites (N-methyl/N-ethyl adjacent to an activating group) is 1. The second-order valence-electron chi connectivity index (χ2n) is 3.81. The van der Waals surface area contributed by atoms with Gasteiger partial charge in [-0.05, 0) is 32.0 Å². The standard InChI is InChI=1S/C13H20N2O2/c1-11(13(16)14-2)15-9-6-10-17-12-7-4-3-5-8-12/h3-5,7-8,11,15H,6,9-10H2,1-2H3,(H,14,16). The molecule has 0 bridgehead atoms. The highest BCUT2D eigenvalue weighted by Gasteiger charge is 2.08. The lowest BCUT2D eigenvalue weighted by Crippen LogP contribution is -2.41. The van der Waals surface area contributed by atoms with Crippen LogP contribution in [0.25, 0.3) is 0 Å². The van der Waals surface area contributed by atoms with Crippen LogP contribution in [0.1, 0.15) is 13.3 Å². The van der Waals surface area contributed by atoms with Crippen molar-refractivity contribution in [2.24, 2.45) is 0 Å². The van der Waals surface area contributed by atoms with E-state index in [2.05, 4.69) is 10.6 Å². The van der Waals surface area contributed by atoms with Crippen molar-refractivity contribution in [3.05, 3.63) is 30.3 Å². The third-order valence-corrected chi connectivity index (χ3v) is 2.42. The second kappa shape index (κ2) is 7.68. The van der Waals surface area contributed by atoms with Gasteiger partial charge in [-0.1, -0.05) is 18.2 Å². The summed E-state index contributed by atoms with van der Waals surface area (Å²) in [6.45, 7) is 3.26. The molecule has 4 nitrogen and oxygen atoms in total. The van der Waals surface area contributed by atoms with Crippen molar-refractivity contribution in [3.63, 3.8) is 0 Å². The Morgan fingerprint density at radius 1 is 1.35 bits per heavy atom. The Morgan fingerprint density at radius 3 is 2.71 bits per heavy atom. The van der Waals surface area contributed by atoms with E-state index in [4.69, 9.17) is 4.74 Å². The molecule has 1 rings (SSSR count). The molecular weight excluding hydrogens is 216 g/mol. The van der Waals surface area contributed by atoms with Crippen molar-refractivity contribution < 1.29 is 9.53 Å². The summed E-state index contributed by atoms with van der Waals surface area (Å²) < 4.78 is 5.53. The lowest BCUT2D eigenvalue weighted by atomic mass is 10.3. The summed E-state index contributed by atoms with van der Waals surface area (Å²) >= 11 is 0. The van der Waals surface area contributed by atoms with E-state index in [1.165, 1.54) is 0 Å². The summed E-state index contributed by atoms with van der Waals surface area (Å²) in [6.07, 6.45) is 0.871. The summed E-state index contributed by atoms with van der Waals surface area (Å²) in [5.74, 6) is 0.890. The van der Waals surface area contributed by atoms with Crippen LogP contribution in [0, 0.1) is 0 Å². The Balaban J connectivity index is 2.07. The first-order chi connectivity index (χ1) is 8.24. The van der Waals surface area contributed by atoms with Gasteiger partial charge in [-0.25, -0.2) is 0 Å². The molecule has 4 heteroatoms. The summed E-state index contributed by atoms with van der Waals surface area (Å²) in [6, 6.07) is 9.56. The first kappa shape index (κ1) is 13.5. The summed E-state index contributed by atoms with van der Waals surface area (Å²) in [4.78, 5) is 11.2. The molecule has 1 amide bonds. The molecule has 0 heterocycles. The lowest BCUT2D eigenvalue weighted by Gasteiger charge is -2.12. The molecule has 1 aromatic rings. The molecule has 1 unspecified atom stereocenters. The first-order valence-electron chi connectivity index (χ1n) is 5.87. The maximum absolute atomic E-state index is 11.2. The van der Waals surface area contributed by atoms with E-state index in [-0.39, 0.29) is 11.9 Å². The Labute approximate surface area is 102 Å². The topological polar surface area (TPSA) is 50.4 Å². The third kappa shape index (κ3) is 5.36. The molecule has 0 spiro atoms. The molecule has 1 aromatic carbocycles. The van der Waals surface area contributed by atoms with Crippen molar-refractivity contribution in [2.75, 3.05) is 20.2 Å². The molecule has 94 valence electrons. The third-order valence-electron chi connectivity index (χ3n) is 2.42. The minimum absolute atomic E-state index is 0.00831. The van der Waals surface area contributed by atoms with Crippen LogP contribution >= 0.6 is 0 Å². The largest absolute Gasteiger partial charge is 0.494 e. The van der Waals surface area contributed by atoms with E-state index >= 15 is 0 Å². The molecule has 0 radical (unpaired) electrons. The summed E-state index contributed by atoms with van der Waals surface area (Å²) in [5, 5.41) is 5.73. The highest BCUT2D eigenvalue weighted by atomic mass is 16.5. The number of hydrogen-bond donors (Lipinski definition) is 2. The average Bonchev–Trinajstić information content (AvgIpc) is 2.38. The van der Waals surface area contributed by atoms with E-state index in [1.807, 2.05) is 37.3 Å². The van der Waals surface area contributed by atoms with Gasteiger partial charge in [0.05, 0.1) is 12.6 Å². The minimum atomic E-state index is -0.156. The number of ether oxygens (including phenoxy) is 1. The monoisotopic (exact) mass is 236 g/mol. The zero-order valence-electron chi connectivity index (χ0n) is 10.4. The summed E-state index contributed by atoms with van der Waals surface area (Å²) in [7, 11) is 1.64. The fourth-order valence-corrected chi connectivity index (χ4v) is 1.41. The van der Waals surface area contributed by atoms with Crippen LogP contribution in [0.3, 0.4) is 0 Å². The Bertz CT molecular complexity index is 327. The molecule has 0 saturated heterocycles. The van der Waals surface area contributed by atoms with Crippen molar-refractivity contribution in [2.45, 2.75) is 19.4 Å². The van der Waals surface area contributed by atoms with Crippen LogP contribution in [0.15, 0.2) is 30.3 Å². The molecular formula is C13H20N2O2. The van der Waals surface area contributed by atoms with E-state index in [1.54, 1.807) is 7.05 Å². The minimum Gasteiger partial charge on any atom is -0.494 e. The normalized spacial score (nSPS) is 11.9. The second-order valence-corrected chi connectivity index (χ2v) is 3.81. The molecule has 0 aliphatic heterocycles. The van der Waals surface area contributed by atoms with Crippen molar-refractivity contribution in [3.8, 4) is 5.75 Å². The van der Waals surface area contributed by atoms with Crippen LogP contribution in [0.4, 0.5) is 0 Å². The molecule has 0 fully saturated rings. The highest BCUT2D eigenvalue weighted by Crippen LogP contribution is 2.07. The summed E-state index contributed by atoms with van der Waals surface area (Å²) in [5.41, 5.74) is 0. The number of carbonyl (C=O) groups excluding carboxylic acids is 1. The molecule has 0 saturated carbocycles. The van der Waals surface area contributed by atoms with Gasteiger partial charge in [-0.2, -0.15) is 0 Å². The maximum Gasteiger partial charge on any atom is 0.236 e. The van der Waals surface area contributed by atoms with Gasteiger partial charge in [0.1, 0.15) is 5.75 Å². The van der Waals surface area contributed by atoms with E-state index < -0.39 is 0 Å².